The van der Waals surface area contributed by atoms with Gasteiger partial charge in [-0.1, -0.05) is 6.07 Å². The van der Waals surface area contributed by atoms with Gasteiger partial charge in [-0.15, -0.1) is 0 Å². The van der Waals surface area contributed by atoms with Crippen molar-refractivity contribution in [2.45, 2.75) is 12.2 Å². The maximum absolute atomic E-state index is 13.6. The number of benzene rings is 1. The van der Waals surface area contributed by atoms with Gasteiger partial charge in [0.1, 0.15) is 5.82 Å². The van der Waals surface area contributed by atoms with E-state index in [0.29, 0.717) is 0 Å². The third-order valence-electron chi connectivity index (χ3n) is 2.34. The number of hydrogen-bond donors (Lipinski definition) is 2. The van der Waals surface area contributed by atoms with Crippen LogP contribution >= 0.6 is 0 Å². The van der Waals surface area contributed by atoms with Crippen molar-refractivity contribution in [2.24, 2.45) is 5.73 Å². The number of carboxylic acids is 1. The lowest BCUT2D eigenvalue weighted by Gasteiger charge is -2.05. The van der Waals surface area contributed by atoms with Crippen LogP contribution in [-0.2, 0) is 20.4 Å². The van der Waals surface area contributed by atoms with Gasteiger partial charge in [-0.25, -0.2) is 12.8 Å². The number of carbonyl (C=O) groups is 2. The fourth-order valence-electron chi connectivity index (χ4n) is 1.37. The first-order chi connectivity index (χ1) is 8.71. The van der Waals surface area contributed by atoms with Crippen LogP contribution < -0.4 is 5.73 Å². The molecule has 19 heavy (non-hydrogen) atoms. The van der Waals surface area contributed by atoms with Crippen molar-refractivity contribution in [2.75, 3.05) is 5.75 Å². The van der Waals surface area contributed by atoms with Gasteiger partial charge in [-0.2, -0.15) is 0 Å². The van der Waals surface area contributed by atoms with Gasteiger partial charge in [0.15, 0.2) is 9.84 Å². The minimum Gasteiger partial charge on any atom is -0.481 e. The third kappa shape index (κ3) is 4.66. The van der Waals surface area contributed by atoms with Crippen LogP contribution in [0.5, 0.6) is 0 Å². The summed E-state index contributed by atoms with van der Waals surface area (Å²) >= 11 is 0. The maximum Gasteiger partial charge on any atom is 0.304 e. The summed E-state index contributed by atoms with van der Waals surface area (Å²) < 4.78 is 36.7. The summed E-state index contributed by atoms with van der Waals surface area (Å²) in [4.78, 5) is 21.1. The number of primary amides is 1. The Balaban J connectivity index is 2.88. The summed E-state index contributed by atoms with van der Waals surface area (Å²) in [6.07, 6.45) is -0.538. The number of nitrogens with two attached hydrogens (primary N) is 1. The molecule has 1 aromatic carbocycles. The van der Waals surface area contributed by atoms with E-state index in [4.69, 9.17) is 10.8 Å². The lowest BCUT2D eigenvalue weighted by atomic mass is 10.1. The van der Waals surface area contributed by atoms with E-state index in [9.17, 15) is 22.4 Å². The summed E-state index contributed by atoms with van der Waals surface area (Å²) in [7, 11) is -3.72. The Morgan fingerprint density at radius 3 is 2.42 bits per heavy atom. The molecular formula is C11H12FNO5S. The van der Waals surface area contributed by atoms with Crippen LogP contribution in [0.15, 0.2) is 18.2 Å². The molecule has 6 nitrogen and oxygen atoms in total. The number of aliphatic carboxylic acids is 1. The maximum atomic E-state index is 13.6. The molecular weight excluding hydrogens is 277 g/mol. The second-order valence-electron chi connectivity index (χ2n) is 3.91. The smallest absolute Gasteiger partial charge is 0.304 e. The molecule has 0 heterocycles. The average Bonchev–Trinajstić information content (AvgIpc) is 2.29. The van der Waals surface area contributed by atoms with Crippen LogP contribution in [-0.4, -0.2) is 31.2 Å². The minimum absolute atomic E-state index is 0.0656. The van der Waals surface area contributed by atoms with Gasteiger partial charge >= 0.3 is 5.97 Å². The predicted molar refractivity (Wildman–Crippen MR) is 64.7 cm³/mol. The Bertz CT molecular complexity index is 612. The zero-order valence-corrected chi connectivity index (χ0v) is 10.6. The SMILES string of the molecule is NC(=O)c1ccc(CS(=O)(=O)CCC(=O)O)c(F)c1. The van der Waals surface area contributed by atoms with E-state index < -0.39 is 45.5 Å². The summed E-state index contributed by atoms with van der Waals surface area (Å²) in [5, 5.41) is 8.41. The molecule has 0 bridgehead atoms. The molecule has 0 atom stereocenters. The molecule has 8 heteroatoms. The third-order valence-corrected chi connectivity index (χ3v) is 3.92. The number of carboxylic acid groups (broad SMARTS) is 1. The molecule has 0 aliphatic carbocycles. The van der Waals surface area contributed by atoms with Gasteiger partial charge in [0.05, 0.1) is 17.9 Å². The van der Waals surface area contributed by atoms with Gasteiger partial charge in [0, 0.05) is 11.1 Å². The molecule has 0 unspecified atom stereocenters. The van der Waals surface area contributed by atoms with E-state index in [1.165, 1.54) is 6.07 Å². The highest BCUT2D eigenvalue weighted by Crippen LogP contribution is 2.14. The Morgan fingerprint density at radius 1 is 1.32 bits per heavy atom. The Kier molecular flexibility index (Phi) is 4.60. The monoisotopic (exact) mass is 289 g/mol. The number of amides is 1. The first-order valence-electron chi connectivity index (χ1n) is 5.22. The summed E-state index contributed by atoms with van der Waals surface area (Å²) in [6, 6.07) is 3.21. The van der Waals surface area contributed by atoms with Gasteiger partial charge in [0.25, 0.3) is 0 Å². The van der Waals surface area contributed by atoms with E-state index >= 15 is 0 Å². The highest BCUT2D eigenvalue weighted by Gasteiger charge is 2.17. The number of halogens is 1. The molecule has 1 rings (SSSR count). The lowest BCUT2D eigenvalue weighted by Crippen LogP contribution is -2.15. The van der Waals surface area contributed by atoms with E-state index in [1.54, 1.807) is 0 Å². The first-order valence-corrected chi connectivity index (χ1v) is 7.04. The molecule has 0 saturated heterocycles. The van der Waals surface area contributed by atoms with Gasteiger partial charge < -0.3 is 10.8 Å². The van der Waals surface area contributed by atoms with Crippen LogP contribution in [0.3, 0.4) is 0 Å². The Labute approximate surface area is 109 Å². The minimum atomic E-state index is -3.72. The number of carbonyl (C=O) groups excluding carboxylic acids is 1. The first kappa shape index (κ1) is 15.1. The Morgan fingerprint density at radius 2 is 1.95 bits per heavy atom. The molecule has 0 aliphatic rings. The van der Waals surface area contributed by atoms with Gasteiger partial charge in [0.2, 0.25) is 5.91 Å². The van der Waals surface area contributed by atoms with E-state index in [0.717, 1.165) is 12.1 Å². The second kappa shape index (κ2) is 5.79. The molecule has 1 amide bonds. The van der Waals surface area contributed by atoms with Crippen LogP contribution in [0.4, 0.5) is 4.39 Å². The van der Waals surface area contributed by atoms with Crippen molar-refractivity contribution >= 4 is 21.7 Å². The molecule has 0 radical (unpaired) electrons. The second-order valence-corrected chi connectivity index (χ2v) is 6.09. The van der Waals surface area contributed by atoms with E-state index in [-0.39, 0.29) is 11.1 Å². The number of rotatable bonds is 6. The predicted octanol–water partition coefficient (Wildman–Crippen LogP) is 0.314. The van der Waals surface area contributed by atoms with Crippen molar-refractivity contribution in [3.8, 4) is 0 Å². The fraction of sp³-hybridized carbons (Fsp3) is 0.273. The topological polar surface area (TPSA) is 115 Å². The molecule has 104 valence electrons. The average molecular weight is 289 g/mol. The fourth-order valence-corrected chi connectivity index (χ4v) is 2.71. The van der Waals surface area contributed by atoms with Crippen LogP contribution in [0.2, 0.25) is 0 Å². The quantitative estimate of drug-likeness (QED) is 0.782. The van der Waals surface area contributed by atoms with Crippen molar-refractivity contribution < 1.29 is 27.5 Å². The highest BCUT2D eigenvalue weighted by atomic mass is 32.2. The summed E-state index contributed by atoms with van der Waals surface area (Å²) in [5.41, 5.74) is 4.76. The molecule has 3 N–H and O–H groups in total. The van der Waals surface area contributed by atoms with Crippen LogP contribution in [0.1, 0.15) is 22.3 Å². The lowest BCUT2D eigenvalue weighted by molar-refractivity contribution is -0.136. The molecule has 0 saturated carbocycles. The zero-order chi connectivity index (χ0) is 14.6. The van der Waals surface area contributed by atoms with Crippen LogP contribution in [0.25, 0.3) is 0 Å². The van der Waals surface area contributed by atoms with E-state index in [1.807, 2.05) is 0 Å². The molecule has 0 spiro atoms. The standard InChI is InChI=1S/C11H12FNO5S/c12-9-5-7(11(13)16)1-2-8(9)6-19(17,18)4-3-10(14)15/h1-2,5H,3-4,6H2,(H2,13,16)(H,14,15). The summed E-state index contributed by atoms with van der Waals surface area (Å²) in [6.45, 7) is 0. The molecule has 0 aliphatic heterocycles. The van der Waals surface area contributed by atoms with E-state index in [2.05, 4.69) is 0 Å². The van der Waals surface area contributed by atoms with Crippen molar-refractivity contribution in [3.05, 3.63) is 35.1 Å². The number of sulfone groups is 1. The van der Waals surface area contributed by atoms with Crippen molar-refractivity contribution in [1.82, 2.24) is 0 Å². The summed E-state index contributed by atoms with van der Waals surface area (Å²) in [5.74, 6) is -4.12. The van der Waals surface area contributed by atoms with Crippen LogP contribution in [0, 0.1) is 5.82 Å². The highest BCUT2D eigenvalue weighted by molar-refractivity contribution is 7.90. The van der Waals surface area contributed by atoms with Crippen molar-refractivity contribution in [1.29, 1.82) is 0 Å². The molecule has 0 aromatic heterocycles. The molecule has 0 fully saturated rings. The van der Waals surface area contributed by atoms with Gasteiger partial charge in [-0.05, 0) is 12.1 Å². The molecule has 1 aromatic rings. The zero-order valence-electron chi connectivity index (χ0n) is 9.80. The Hall–Kier alpha value is -1.96. The number of hydrogen-bond acceptors (Lipinski definition) is 4. The van der Waals surface area contributed by atoms with Gasteiger partial charge in [-0.3, -0.25) is 9.59 Å². The normalized spacial score (nSPS) is 11.2. The van der Waals surface area contributed by atoms with Crippen molar-refractivity contribution in [3.63, 3.8) is 0 Å². The largest absolute Gasteiger partial charge is 0.481 e.